The number of imide groups is 1. The number of carbonyl (C=O) groups is 2. The highest BCUT2D eigenvalue weighted by molar-refractivity contribution is 6.07. The number of carbonyl (C=O) groups excluding carboxylic acids is 2. The van der Waals surface area contributed by atoms with E-state index in [2.05, 4.69) is 5.32 Å². The number of nitrogens with zero attached hydrogens (tertiary/aromatic N) is 1. The summed E-state index contributed by atoms with van der Waals surface area (Å²) in [6, 6.07) is 7.02. The van der Waals surface area contributed by atoms with Gasteiger partial charge in [-0.15, -0.1) is 0 Å². The molecular weight excluding hydrogens is 324 g/mol. The van der Waals surface area contributed by atoms with E-state index in [1.54, 1.807) is 7.11 Å². The molecule has 7 heteroatoms. The number of ether oxygens (including phenoxy) is 2. The monoisotopic (exact) mass is 348 g/mol. The minimum atomic E-state index is -0.912. The zero-order valence-corrected chi connectivity index (χ0v) is 14.4. The normalized spacial score (nSPS) is 20.2. The molecular formula is C18H24N2O5. The van der Waals surface area contributed by atoms with E-state index in [4.69, 9.17) is 9.47 Å². The van der Waals surface area contributed by atoms with Crippen molar-refractivity contribution in [3.05, 3.63) is 29.8 Å². The first-order chi connectivity index (χ1) is 12.0. The fourth-order valence-corrected chi connectivity index (χ4v) is 3.46. The van der Waals surface area contributed by atoms with Gasteiger partial charge in [-0.2, -0.15) is 0 Å². The number of methoxy groups -OCH3 is 1. The summed E-state index contributed by atoms with van der Waals surface area (Å²) in [4.78, 5) is 25.7. The molecule has 1 heterocycles. The topological polar surface area (TPSA) is 88.1 Å². The fourth-order valence-electron chi connectivity index (χ4n) is 3.46. The molecule has 3 rings (SSSR count). The maximum Gasteiger partial charge on any atom is 0.325 e. The molecule has 25 heavy (non-hydrogen) atoms. The Kier molecular flexibility index (Phi) is 5.24. The Morgan fingerprint density at radius 2 is 1.92 bits per heavy atom. The first-order valence-corrected chi connectivity index (χ1v) is 8.57. The van der Waals surface area contributed by atoms with Crippen molar-refractivity contribution < 1.29 is 24.2 Å². The van der Waals surface area contributed by atoms with E-state index >= 15 is 0 Å². The zero-order chi connectivity index (χ0) is 17.9. The Labute approximate surface area is 146 Å². The molecule has 1 unspecified atom stereocenters. The predicted octanol–water partition coefficient (Wildman–Crippen LogP) is 1.44. The van der Waals surface area contributed by atoms with Gasteiger partial charge in [0.1, 0.15) is 11.3 Å². The van der Waals surface area contributed by atoms with Crippen molar-refractivity contribution in [2.24, 2.45) is 0 Å². The van der Waals surface area contributed by atoms with Gasteiger partial charge in [0.2, 0.25) is 0 Å². The third kappa shape index (κ3) is 3.77. The van der Waals surface area contributed by atoms with Crippen molar-refractivity contribution in [3.8, 4) is 5.75 Å². The minimum absolute atomic E-state index is 0.0466. The number of nitrogens with one attached hydrogen (secondary N) is 1. The minimum Gasteiger partial charge on any atom is -0.497 e. The molecule has 2 fully saturated rings. The van der Waals surface area contributed by atoms with Gasteiger partial charge in [-0.25, -0.2) is 4.79 Å². The highest BCUT2D eigenvalue weighted by Crippen LogP contribution is 2.35. The van der Waals surface area contributed by atoms with Gasteiger partial charge in [0.05, 0.1) is 33.0 Å². The van der Waals surface area contributed by atoms with Crippen LogP contribution < -0.4 is 10.1 Å². The molecule has 1 spiro atoms. The highest BCUT2D eigenvalue weighted by atomic mass is 16.5. The lowest BCUT2D eigenvalue weighted by Gasteiger charge is -2.21. The zero-order valence-electron chi connectivity index (χ0n) is 14.4. The molecule has 1 aromatic carbocycles. The van der Waals surface area contributed by atoms with E-state index in [1.165, 1.54) is 0 Å². The number of aliphatic hydroxyl groups is 1. The molecule has 2 aliphatic rings. The van der Waals surface area contributed by atoms with E-state index in [9.17, 15) is 14.7 Å². The molecule has 7 nitrogen and oxygen atoms in total. The van der Waals surface area contributed by atoms with E-state index in [-0.39, 0.29) is 19.1 Å². The van der Waals surface area contributed by atoms with Crippen LogP contribution in [0.15, 0.2) is 24.3 Å². The summed E-state index contributed by atoms with van der Waals surface area (Å²) in [5, 5.41) is 12.9. The Hall–Kier alpha value is -2.12. The van der Waals surface area contributed by atoms with Crippen LogP contribution in [0.1, 0.15) is 31.2 Å². The summed E-state index contributed by atoms with van der Waals surface area (Å²) in [5.74, 6) is 0.549. The smallest absolute Gasteiger partial charge is 0.325 e. The summed E-state index contributed by atoms with van der Waals surface area (Å²) in [5.41, 5.74) is 0.216. The lowest BCUT2D eigenvalue weighted by molar-refractivity contribution is -0.132. The molecule has 0 bridgehead atoms. The molecule has 0 aromatic heterocycles. The summed E-state index contributed by atoms with van der Waals surface area (Å²) < 4.78 is 10.6. The van der Waals surface area contributed by atoms with Crippen LogP contribution in [-0.4, -0.2) is 53.8 Å². The molecule has 2 N–H and O–H groups in total. The Bertz CT molecular complexity index is 625. The molecule has 136 valence electrons. The Morgan fingerprint density at radius 3 is 2.56 bits per heavy atom. The third-order valence-corrected chi connectivity index (χ3v) is 4.83. The van der Waals surface area contributed by atoms with Gasteiger partial charge in [-0.1, -0.05) is 25.0 Å². The molecule has 1 aliphatic heterocycles. The van der Waals surface area contributed by atoms with Crippen LogP contribution in [-0.2, 0) is 16.1 Å². The lowest BCUT2D eigenvalue weighted by atomic mass is 9.98. The largest absolute Gasteiger partial charge is 0.497 e. The molecule has 0 radical (unpaired) electrons. The molecule has 1 saturated heterocycles. The van der Waals surface area contributed by atoms with E-state index < -0.39 is 17.7 Å². The maximum absolute atomic E-state index is 12.5. The van der Waals surface area contributed by atoms with Crippen LogP contribution >= 0.6 is 0 Å². The van der Waals surface area contributed by atoms with Gasteiger partial charge >= 0.3 is 6.03 Å². The Balaban J connectivity index is 1.46. The van der Waals surface area contributed by atoms with Gasteiger partial charge in [0, 0.05) is 0 Å². The van der Waals surface area contributed by atoms with Crippen molar-refractivity contribution in [2.45, 2.75) is 43.9 Å². The van der Waals surface area contributed by atoms with Crippen molar-refractivity contribution in [1.82, 2.24) is 10.2 Å². The summed E-state index contributed by atoms with van der Waals surface area (Å²) in [6.45, 7) is 0.344. The van der Waals surface area contributed by atoms with Gasteiger partial charge in [0.25, 0.3) is 5.91 Å². The fraction of sp³-hybridized carbons (Fsp3) is 0.556. The van der Waals surface area contributed by atoms with Gasteiger partial charge in [-0.3, -0.25) is 9.69 Å². The number of aliphatic hydroxyl groups excluding tert-OH is 1. The first kappa shape index (κ1) is 17.7. The highest BCUT2D eigenvalue weighted by Gasteiger charge is 2.52. The average Bonchev–Trinajstić information content (AvgIpc) is 3.17. The molecule has 1 aliphatic carbocycles. The van der Waals surface area contributed by atoms with E-state index in [0.717, 1.165) is 29.1 Å². The number of urea groups is 1. The summed E-state index contributed by atoms with van der Waals surface area (Å²) >= 11 is 0. The summed E-state index contributed by atoms with van der Waals surface area (Å²) in [6.07, 6.45) is 2.32. The Morgan fingerprint density at radius 1 is 1.24 bits per heavy atom. The second-order valence-electron chi connectivity index (χ2n) is 6.65. The lowest BCUT2D eigenvalue weighted by Crippen LogP contribution is -2.45. The molecule has 1 aromatic rings. The number of rotatable bonds is 7. The van der Waals surface area contributed by atoms with Gasteiger partial charge < -0.3 is 19.9 Å². The van der Waals surface area contributed by atoms with Crippen molar-refractivity contribution in [3.63, 3.8) is 0 Å². The average molecular weight is 348 g/mol. The third-order valence-electron chi connectivity index (χ3n) is 4.83. The second-order valence-corrected chi connectivity index (χ2v) is 6.65. The van der Waals surface area contributed by atoms with Gasteiger partial charge in [0.15, 0.2) is 0 Å². The maximum atomic E-state index is 12.5. The quantitative estimate of drug-likeness (QED) is 0.728. The van der Waals surface area contributed by atoms with Crippen LogP contribution in [0, 0.1) is 0 Å². The van der Waals surface area contributed by atoms with Crippen molar-refractivity contribution in [1.29, 1.82) is 0 Å². The number of amides is 3. The van der Waals surface area contributed by atoms with Crippen molar-refractivity contribution >= 4 is 11.9 Å². The molecule has 1 saturated carbocycles. The molecule has 3 amide bonds. The van der Waals surface area contributed by atoms with Crippen LogP contribution in [0.5, 0.6) is 5.75 Å². The second kappa shape index (κ2) is 7.41. The van der Waals surface area contributed by atoms with E-state index in [0.29, 0.717) is 19.4 Å². The number of benzene rings is 1. The SMILES string of the molecule is COc1ccc(COCC(O)CN2C(=O)NC3(CCCC3)C2=O)cc1. The summed E-state index contributed by atoms with van der Waals surface area (Å²) in [7, 11) is 1.60. The van der Waals surface area contributed by atoms with E-state index in [1.807, 2.05) is 24.3 Å². The van der Waals surface area contributed by atoms with Gasteiger partial charge in [-0.05, 0) is 30.5 Å². The standard InChI is InChI=1S/C18H24N2O5/c1-24-15-6-4-13(5-7-15)11-25-12-14(21)10-20-16(22)18(19-17(20)23)8-2-3-9-18/h4-7,14,21H,2-3,8-12H2,1H3,(H,19,23). The number of hydrogen-bond donors (Lipinski definition) is 2. The first-order valence-electron chi connectivity index (χ1n) is 8.57. The van der Waals surface area contributed by atoms with Crippen LogP contribution in [0.2, 0.25) is 0 Å². The number of β-amino-alcohol motifs (C(OH)–C–C–N with tert-alkyl or cyclic N) is 1. The van der Waals surface area contributed by atoms with Crippen LogP contribution in [0.3, 0.4) is 0 Å². The predicted molar refractivity (Wildman–Crippen MR) is 90.1 cm³/mol. The van der Waals surface area contributed by atoms with Crippen molar-refractivity contribution in [2.75, 3.05) is 20.3 Å². The molecule has 1 atom stereocenters. The van der Waals surface area contributed by atoms with Crippen LogP contribution in [0.4, 0.5) is 4.79 Å². The van der Waals surface area contributed by atoms with Crippen LogP contribution in [0.25, 0.3) is 0 Å². The number of hydrogen-bond acceptors (Lipinski definition) is 5.